The normalized spacial score (nSPS) is 23.6. The quantitative estimate of drug-likeness (QED) is 0.855. The van der Waals surface area contributed by atoms with E-state index in [1.165, 1.54) is 0 Å². The first-order chi connectivity index (χ1) is 11.1. The van der Waals surface area contributed by atoms with Gasteiger partial charge in [0.25, 0.3) is 0 Å². The lowest BCUT2D eigenvalue weighted by atomic mass is 10.1. The van der Waals surface area contributed by atoms with Crippen molar-refractivity contribution in [3.8, 4) is 0 Å². The summed E-state index contributed by atoms with van der Waals surface area (Å²) >= 11 is 1.60. The molecule has 2 fully saturated rings. The molecule has 0 saturated carbocycles. The summed E-state index contributed by atoms with van der Waals surface area (Å²) in [5.74, 6) is 0.211. The molecule has 23 heavy (non-hydrogen) atoms. The van der Waals surface area contributed by atoms with Gasteiger partial charge in [0.15, 0.2) is 0 Å². The fraction of sp³-hybridized carbons (Fsp3) is 0.438. The number of hydrogen-bond acceptors (Lipinski definition) is 4. The Bertz CT molecular complexity index is 739. The summed E-state index contributed by atoms with van der Waals surface area (Å²) in [6.45, 7) is 0.726. The molecule has 0 aliphatic carbocycles. The van der Waals surface area contributed by atoms with Crippen LogP contribution in [0.2, 0.25) is 0 Å². The lowest BCUT2D eigenvalue weighted by molar-refractivity contribution is -0.131. The Morgan fingerprint density at radius 2 is 2.30 bits per heavy atom. The average molecular weight is 330 g/mol. The highest BCUT2D eigenvalue weighted by atomic mass is 32.1. The number of amides is 2. The summed E-state index contributed by atoms with van der Waals surface area (Å²) in [5.41, 5.74) is 0.831. The molecule has 0 N–H and O–H groups in total. The molecule has 2 aromatic heterocycles. The molecule has 2 aliphatic rings. The van der Waals surface area contributed by atoms with Crippen LogP contribution in [-0.2, 0) is 23.1 Å². The number of hydrogen-bond donors (Lipinski definition) is 0. The Hall–Kier alpha value is -2.15. The van der Waals surface area contributed by atoms with E-state index in [2.05, 4.69) is 5.10 Å². The summed E-state index contributed by atoms with van der Waals surface area (Å²) in [6.07, 6.45) is 5.26. The molecular weight excluding hydrogens is 312 g/mol. The molecule has 4 rings (SSSR count). The van der Waals surface area contributed by atoms with Crippen LogP contribution >= 0.6 is 11.3 Å². The van der Waals surface area contributed by atoms with Crippen molar-refractivity contribution in [2.75, 3.05) is 11.4 Å². The fourth-order valence-electron chi connectivity index (χ4n) is 3.69. The molecular formula is C16H18N4O2S. The van der Waals surface area contributed by atoms with Crippen LogP contribution < -0.4 is 4.90 Å². The maximum atomic E-state index is 12.6. The zero-order valence-electron chi connectivity index (χ0n) is 12.9. The standard InChI is InChI=1S/C16H18N4O2S/c1-18-10-11(9-17-18)20-13-4-5-19(14(13)8-16(20)22)15(21)7-12-3-2-6-23-12/h2-3,6,9-10,13-14H,4-5,7-8H2,1H3/t13-,14+/m1/s1. The molecule has 7 heteroatoms. The molecule has 4 heterocycles. The Labute approximate surface area is 138 Å². The maximum absolute atomic E-state index is 12.6. The fourth-order valence-corrected chi connectivity index (χ4v) is 4.38. The smallest absolute Gasteiger partial charge is 0.229 e. The molecule has 0 aromatic carbocycles. The first-order valence-corrected chi connectivity index (χ1v) is 8.64. The van der Waals surface area contributed by atoms with Crippen molar-refractivity contribution in [1.29, 1.82) is 0 Å². The molecule has 0 radical (unpaired) electrons. The molecule has 6 nitrogen and oxygen atoms in total. The summed E-state index contributed by atoms with van der Waals surface area (Å²) < 4.78 is 1.70. The molecule has 0 bridgehead atoms. The Balaban J connectivity index is 1.52. The van der Waals surface area contributed by atoms with Gasteiger partial charge in [0.05, 0.1) is 30.4 Å². The predicted molar refractivity (Wildman–Crippen MR) is 87.2 cm³/mol. The molecule has 2 amide bonds. The van der Waals surface area contributed by atoms with E-state index in [1.807, 2.05) is 40.6 Å². The van der Waals surface area contributed by atoms with Gasteiger partial charge in [-0.05, 0) is 17.9 Å². The number of nitrogens with zero attached hydrogens (tertiary/aromatic N) is 4. The van der Waals surface area contributed by atoms with Gasteiger partial charge in [-0.3, -0.25) is 14.3 Å². The number of anilines is 1. The van der Waals surface area contributed by atoms with Gasteiger partial charge in [-0.1, -0.05) is 6.07 Å². The molecule has 120 valence electrons. The van der Waals surface area contributed by atoms with E-state index in [-0.39, 0.29) is 23.9 Å². The average Bonchev–Trinajstić information content (AvgIpc) is 3.24. The second-order valence-electron chi connectivity index (χ2n) is 6.11. The minimum Gasteiger partial charge on any atom is -0.337 e. The van der Waals surface area contributed by atoms with E-state index < -0.39 is 0 Å². The van der Waals surface area contributed by atoms with E-state index in [1.54, 1.807) is 22.2 Å². The molecule has 0 spiro atoms. The molecule has 2 atom stereocenters. The van der Waals surface area contributed by atoms with Crippen LogP contribution in [0.15, 0.2) is 29.9 Å². The van der Waals surface area contributed by atoms with Crippen LogP contribution in [0, 0.1) is 0 Å². The SMILES string of the molecule is Cn1cc(N2C(=O)C[C@H]3[C@H]2CCN3C(=O)Cc2cccs2)cn1. The van der Waals surface area contributed by atoms with Crippen LogP contribution in [0.3, 0.4) is 0 Å². The van der Waals surface area contributed by atoms with Crippen LogP contribution in [0.1, 0.15) is 17.7 Å². The van der Waals surface area contributed by atoms with Crippen LogP contribution in [0.5, 0.6) is 0 Å². The molecule has 2 aromatic rings. The highest BCUT2D eigenvalue weighted by molar-refractivity contribution is 7.10. The van der Waals surface area contributed by atoms with Crippen molar-refractivity contribution in [2.45, 2.75) is 31.3 Å². The molecule has 2 aliphatic heterocycles. The maximum Gasteiger partial charge on any atom is 0.229 e. The zero-order chi connectivity index (χ0) is 16.0. The van der Waals surface area contributed by atoms with Gasteiger partial charge in [0, 0.05) is 31.1 Å². The third kappa shape index (κ3) is 2.45. The van der Waals surface area contributed by atoms with Crippen molar-refractivity contribution in [1.82, 2.24) is 14.7 Å². The lowest BCUT2D eigenvalue weighted by Crippen LogP contribution is -2.40. The van der Waals surface area contributed by atoms with E-state index in [4.69, 9.17) is 0 Å². The van der Waals surface area contributed by atoms with Gasteiger partial charge in [-0.15, -0.1) is 11.3 Å². The third-order valence-corrected chi connectivity index (χ3v) is 5.57. The number of carbonyl (C=O) groups is 2. The monoisotopic (exact) mass is 330 g/mol. The number of thiophene rings is 1. The van der Waals surface area contributed by atoms with Gasteiger partial charge < -0.3 is 9.80 Å². The first-order valence-electron chi connectivity index (χ1n) is 7.76. The Kier molecular flexibility index (Phi) is 3.45. The van der Waals surface area contributed by atoms with Gasteiger partial charge in [-0.25, -0.2) is 0 Å². The lowest BCUT2D eigenvalue weighted by Gasteiger charge is -2.24. The minimum absolute atomic E-state index is 0.00447. The largest absolute Gasteiger partial charge is 0.337 e. The van der Waals surface area contributed by atoms with Crippen molar-refractivity contribution in [3.05, 3.63) is 34.8 Å². The molecule has 0 unspecified atom stereocenters. The van der Waals surface area contributed by atoms with E-state index in [0.717, 1.165) is 23.5 Å². The number of fused-ring (bicyclic) bond motifs is 1. The number of carbonyl (C=O) groups excluding carboxylic acids is 2. The zero-order valence-corrected chi connectivity index (χ0v) is 13.7. The van der Waals surface area contributed by atoms with Crippen molar-refractivity contribution >= 4 is 28.8 Å². The van der Waals surface area contributed by atoms with Crippen LogP contribution in [0.25, 0.3) is 0 Å². The predicted octanol–water partition coefficient (Wildman–Crippen LogP) is 1.43. The highest BCUT2D eigenvalue weighted by Gasteiger charge is 2.48. The van der Waals surface area contributed by atoms with E-state index >= 15 is 0 Å². The van der Waals surface area contributed by atoms with Crippen molar-refractivity contribution in [3.63, 3.8) is 0 Å². The van der Waals surface area contributed by atoms with Crippen molar-refractivity contribution < 1.29 is 9.59 Å². The molecule has 2 saturated heterocycles. The summed E-state index contributed by atoms with van der Waals surface area (Å²) in [7, 11) is 1.84. The highest BCUT2D eigenvalue weighted by Crippen LogP contribution is 2.36. The number of rotatable bonds is 3. The third-order valence-electron chi connectivity index (χ3n) is 4.69. The Morgan fingerprint density at radius 3 is 3.00 bits per heavy atom. The van der Waals surface area contributed by atoms with E-state index in [0.29, 0.717) is 12.8 Å². The van der Waals surface area contributed by atoms with Crippen LogP contribution in [0.4, 0.5) is 5.69 Å². The number of likely N-dealkylation sites (tertiary alicyclic amines) is 1. The second-order valence-corrected chi connectivity index (χ2v) is 7.14. The van der Waals surface area contributed by atoms with Gasteiger partial charge >= 0.3 is 0 Å². The minimum atomic E-state index is -0.00447. The van der Waals surface area contributed by atoms with E-state index in [9.17, 15) is 9.59 Å². The number of aryl methyl sites for hydroxylation is 1. The van der Waals surface area contributed by atoms with Crippen LogP contribution in [-0.4, -0.2) is 45.1 Å². The summed E-state index contributed by atoms with van der Waals surface area (Å²) in [4.78, 5) is 29.8. The van der Waals surface area contributed by atoms with Gasteiger partial charge in [-0.2, -0.15) is 5.10 Å². The summed E-state index contributed by atoms with van der Waals surface area (Å²) in [6, 6.07) is 4.02. The van der Waals surface area contributed by atoms with Gasteiger partial charge in [0.1, 0.15) is 0 Å². The summed E-state index contributed by atoms with van der Waals surface area (Å²) in [5, 5.41) is 6.14. The van der Waals surface area contributed by atoms with Crippen molar-refractivity contribution in [2.24, 2.45) is 7.05 Å². The second kappa shape index (κ2) is 5.49. The number of aromatic nitrogens is 2. The van der Waals surface area contributed by atoms with Gasteiger partial charge in [0.2, 0.25) is 11.8 Å². The topological polar surface area (TPSA) is 58.4 Å². The Morgan fingerprint density at radius 1 is 1.43 bits per heavy atom. The first kappa shape index (κ1) is 14.4.